The molecule has 92 valence electrons. The second-order valence-electron chi connectivity index (χ2n) is 4.53. The Bertz CT molecular complexity index is 452. The van der Waals surface area contributed by atoms with E-state index < -0.39 is 10.7 Å². The van der Waals surface area contributed by atoms with Gasteiger partial charge in [0.2, 0.25) is 0 Å². The van der Waals surface area contributed by atoms with Crippen LogP contribution in [0.5, 0.6) is 0 Å². The van der Waals surface area contributed by atoms with Gasteiger partial charge in [0, 0.05) is 0 Å². The molecule has 17 heavy (non-hydrogen) atoms. The average Bonchev–Trinajstić information content (AvgIpc) is 2.56. The fourth-order valence-corrected chi connectivity index (χ4v) is 3.21. The first-order valence-corrected chi connectivity index (χ1v) is 7.38. The molecule has 1 aliphatic carbocycles. The van der Waals surface area contributed by atoms with Crippen LogP contribution in [0.3, 0.4) is 0 Å². The molecule has 0 amide bonds. The smallest absolute Gasteiger partial charge is 0.146 e. The zero-order valence-electron chi connectivity index (χ0n) is 9.84. The fraction of sp³-hybridized carbons (Fsp3) is 0.429. The summed E-state index contributed by atoms with van der Waals surface area (Å²) in [7, 11) is -2.34. The van der Waals surface area contributed by atoms with Gasteiger partial charge in [-0.25, -0.2) is 8.42 Å². The SMILES string of the molecule is O=[SH](=O)C1CCCCC=C1Cc1ccccc1. The predicted molar refractivity (Wildman–Crippen MR) is 70.8 cm³/mol. The molecule has 1 aliphatic rings. The quantitative estimate of drug-likeness (QED) is 0.661. The Labute approximate surface area is 104 Å². The van der Waals surface area contributed by atoms with E-state index in [2.05, 4.69) is 18.2 Å². The molecule has 0 aromatic heterocycles. The third kappa shape index (κ3) is 3.43. The predicted octanol–water partition coefficient (Wildman–Crippen LogP) is 2.71. The summed E-state index contributed by atoms with van der Waals surface area (Å²) < 4.78 is 22.6. The van der Waals surface area contributed by atoms with E-state index in [4.69, 9.17) is 0 Å². The first kappa shape index (κ1) is 12.4. The largest absolute Gasteiger partial charge is 0.231 e. The van der Waals surface area contributed by atoms with Crippen LogP contribution in [0.25, 0.3) is 0 Å². The summed E-state index contributed by atoms with van der Waals surface area (Å²) in [6, 6.07) is 10.1. The van der Waals surface area contributed by atoms with Gasteiger partial charge in [-0.15, -0.1) is 0 Å². The van der Waals surface area contributed by atoms with Crippen LogP contribution in [-0.2, 0) is 17.1 Å². The van der Waals surface area contributed by atoms with Crippen molar-refractivity contribution in [1.82, 2.24) is 0 Å². The van der Waals surface area contributed by atoms with Crippen LogP contribution in [0.2, 0.25) is 0 Å². The van der Waals surface area contributed by atoms with Crippen LogP contribution in [0.1, 0.15) is 31.2 Å². The topological polar surface area (TPSA) is 34.1 Å². The molecule has 0 saturated carbocycles. The van der Waals surface area contributed by atoms with Gasteiger partial charge in [-0.05, 0) is 31.2 Å². The van der Waals surface area contributed by atoms with Crippen LogP contribution in [0.15, 0.2) is 42.0 Å². The third-order valence-corrected chi connectivity index (χ3v) is 4.37. The number of hydrogen-bond donors (Lipinski definition) is 1. The third-order valence-electron chi connectivity index (χ3n) is 3.27. The van der Waals surface area contributed by atoms with Gasteiger partial charge in [0.15, 0.2) is 0 Å². The molecule has 1 aromatic carbocycles. The summed E-state index contributed by atoms with van der Waals surface area (Å²) in [6.45, 7) is 0. The van der Waals surface area contributed by atoms with Gasteiger partial charge in [0.1, 0.15) is 10.7 Å². The molecule has 1 unspecified atom stereocenters. The summed E-state index contributed by atoms with van der Waals surface area (Å²) in [6.07, 6.45) is 6.84. The van der Waals surface area contributed by atoms with Crippen LogP contribution < -0.4 is 0 Å². The highest BCUT2D eigenvalue weighted by molar-refractivity contribution is 7.73. The maximum absolute atomic E-state index is 11.3. The van der Waals surface area contributed by atoms with Gasteiger partial charge in [-0.2, -0.15) is 0 Å². The molecular weight excluding hydrogens is 232 g/mol. The Balaban J connectivity index is 2.18. The van der Waals surface area contributed by atoms with Gasteiger partial charge in [0.05, 0.1) is 5.25 Å². The summed E-state index contributed by atoms with van der Waals surface area (Å²) in [5.74, 6) is 0. The average molecular weight is 250 g/mol. The molecule has 0 spiro atoms. The van der Waals surface area contributed by atoms with Crippen molar-refractivity contribution in [2.45, 2.75) is 37.4 Å². The molecule has 0 aliphatic heterocycles. The maximum atomic E-state index is 11.3. The zero-order chi connectivity index (χ0) is 12.1. The first-order valence-electron chi connectivity index (χ1n) is 6.13. The van der Waals surface area contributed by atoms with Crippen molar-refractivity contribution in [3.8, 4) is 0 Å². The summed E-state index contributed by atoms with van der Waals surface area (Å²) in [5.41, 5.74) is 2.28. The van der Waals surface area contributed by atoms with Crippen LogP contribution in [-0.4, -0.2) is 13.7 Å². The summed E-state index contributed by atoms with van der Waals surface area (Å²) in [5, 5.41) is -0.243. The van der Waals surface area contributed by atoms with Crippen molar-refractivity contribution >= 4 is 10.7 Å². The van der Waals surface area contributed by atoms with E-state index >= 15 is 0 Å². The Morgan fingerprint density at radius 2 is 1.88 bits per heavy atom. The number of thiol groups is 1. The summed E-state index contributed by atoms with van der Waals surface area (Å²) >= 11 is 0. The Morgan fingerprint density at radius 1 is 1.12 bits per heavy atom. The highest BCUT2D eigenvalue weighted by Gasteiger charge is 2.19. The molecule has 0 saturated heterocycles. The summed E-state index contributed by atoms with van der Waals surface area (Å²) in [4.78, 5) is 0. The van der Waals surface area contributed by atoms with E-state index in [9.17, 15) is 8.42 Å². The van der Waals surface area contributed by atoms with E-state index in [1.165, 1.54) is 5.56 Å². The molecule has 3 heteroatoms. The van der Waals surface area contributed by atoms with E-state index in [1.54, 1.807) is 0 Å². The number of rotatable bonds is 3. The van der Waals surface area contributed by atoms with Crippen LogP contribution >= 0.6 is 0 Å². The molecule has 0 N–H and O–H groups in total. The van der Waals surface area contributed by atoms with E-state index in [-0.39, 0.29) is 5.25 Å². The van der Waals surface area contributed by atoms with E-state index in [1.807, 2.05) is 18.2 Å². The van der Waals surface area contributed by atoms with Crippen molar-refractivity contribution in [1.29, 1.82) is 0 Å². The number of hydrogen-bond acceptors (Lipinski definition) is 2. The minimum Gasteiger partial charge on any atom is -0.231 e. The van der Waals surface area contributed by atoms with Crippen molar-refractivity contribution in [3.05, 3.63) is 47.5 Å². The van der Waals surface area contributed by atoms with Crippen LogP contribution in [0, 0.1) is 0 Å². The second-order valence-corrected chi connectivity index (χ2v) is 5.72. The number of benzene rings is 1. The van der Waals surface area contributed by atoms with Crippen molar-refractivity contribution in [2.75, 3.05) is 0 Å². The normalized spacial score (nSPS) is 21.0. The monoisotopic (exact) mass is 250 g/mol. The molecule has 1 aromatic rings. The highest BCUT2D eigenvalue weighted by Crippen LogP contribution is 2.23. The molecule has 0 radical (unpaired) electrons. The van der Waals surface area contributed by atoms with Gasteiger partial charge >= 0.3 is 0 Å². The lowest BCUT2D eigenvalue weighted by atomic mass is 10.0. The molecule has 0 heterocycles. The second kappa shape index (κ2) is 6.01. The lowest BCUT2D eigenvalue weighted by Gasteiger charge is -2.12. The Morgan fingerprint density at radius 3 is 2.59 bits per heavy atom. The van der Waals surface area contributed by atoms with E-state index in [0.29, 0.717) is 0 Å². The minimum absolute atomic E-state index is 0.243. The Kier molecular flexibility index (Phi) is 4.37. The standard InChI is InChI=1S/C14H18O2S/c15-17(16)14-10-6-2-5-9-13(14)11-12-7-3-1-4-8-12/h1,3-4,7-9,14,17H,2,5-6,10-11H2. The molecule has 0 bridgehead atoms. The number of allylic oxidation sites excluding steroid dienone is 1. The van der Waals surface area contributed by atoms with Gasteiger partial charge in [-0.1, -0.05) is 48.4 Å². The lowest BCUT2D eigenvalue weighted by molar-refractivity contribution is 0.595. The minimum atomic E-state index is -2.34. The van der Waals surface area contributed by atoms with Gasteiger partial charge in [0.25, 0.3) is 0 Å². The van der Waals surface area contributed by atoms with Gasteiger partial charge < -0.3 is 0 Å². The fourth-order valence-electron chi connectivity index (χ4n) is 2.35. The van der Waals surface area contributed by atoms with Gasteiger partial charge in [-0.3, -0.25) is 0 Å². The molecule has 2 nitrogen and oxygen atoms in total. The Hall–Kier alpha value is -1.09. The maximum Gasteiger partial charge on any atom is 0.146 e. The lowest BCUT2D eigenvalue weighted by Crippen LogP contribution is -2.14. The molecular formula is C14H18O2S. The van der Waals surface area contributed by atoms with Crippen molar-refractivity contribution in [3.63, 3.8) is 0 Å². The van der Waals surface area contributed by atoms with Crippen LogP contribution in [0.4, 0.5) is 0 Å². The van der Waals surface area contributed by atoms with E-state index in [0.717, 1.165) is 37.7 Å². The van der Waals surface area contributed by atoms with Crippen molar-refractivity contribution in [2.24, 2.45) is 0 Å². The molecule has 2 rings (SSSR count). The van der Waals surface area contributed by atoms with Crippen molar-refractivity contribution < 1.29 is 8.42 Å². The first-order chi connectivity index (χ1) is 8.27. The molecule has 0 fully saturated rings. The molecule has 1 atom stereocenters. The zero-order valence-corrected chi connectivity index (χ0v) is 10.7. The highest BCUT2D eigenvalue weighted by atomic mass is 32.2.